The quantitative estimate of drug-likeness (QED) is 0.544. The highest BCUT2D eigenvalue weighted by molar-refractivity contribution is 5.95. The summed E-state index contributed by atoms with van der Waals surface area (Å²) in [5.74, 6) is 0.662. The summed E-state index contributed by atoms with van der Waals surface area (Å²) in [6.07, 6.45) is 5.29. The van der Waals surface area contributed by atoms with Crippen LogP contribution in [-0.4, -0.2) is 45.9 Å². The lowest BCUT2D eigenvalue weighted by Crippen LogP contribution is -2.44. The first-order valence-electron chi connectivity index (χ1n) is 10.9. The van der Waals surface area contributed by atoms with Gasteiger partial charge in [0.05, 0.1) is 27.8 Å². The third-order valence-corrected chi connectivity index (χ3v) is 5.67. The summed E-state index contributed by atoms with van der Waals surface area (Å²) in [7, 11) is 4.55. The molecule has 1 fully saturated rings. The molecule has 0 saturated heterocycles. The fourth-order valence-electron chi connectivity index (χ4n) is 4.15. The van der Waals surface area contributed by atoms with Gasteiger partial charge in [-0.15, -0.1) is 0 Å². The minimum atomic E-state index is -0.496. The fourth-order valence-corrected chi connectivity index (χ4v) is 4.15. The van der Waals surface area contributed by atoms with Crippen molar-refractivity contribution in [1.82, 2.24) is 0 Å². The zero-order valence-corrected chi connectivity index (χ0v) is 19.0. The van der Waals surface area contributed by atoms with Gasteiger partial charge in [-0.3, -0.25) is 9.59 Å². The standard InChI is InChI=1S/C25H31NO6/c1-29-21-14-18(15-22(30-2)25(21)31-3)16-24(28)32-17-23(27)26(19-10-6-4-7-11-19)20-12-8-5-9-13-20/h4,6-7,10-11,14-15,20H,5,8-9,12-13,16-17H2,1-3H3. The number of methoxy groups -OCH3 is 3. The van der Waals surface area contributed by atoms with E-state index in [0.717, 1.165) is 31.4 Å². The summed E-state index contributed by atoms with van der Waals surface area (Å²) in [4.78, 5) is 27.4. The van der Waals surface area contributed by atoms with Gasteiger partial charge in [0.2, 0.25) is 5.75 Å². The third kappa shape index (κ3) is 5.72. The smallest absolute Gasteiger partial charge is 0.310 e. The second-order valence-corrected chi connectivity index (χ2v) is 7.76. The van der Waals surface area contributed by atoms with Gasteiger partial charge in [-0.05, 0) is 42.7 Å². The van der Waals surface area contributed by atoms with E-state index in [9.17, 15) is 9.59 Å². The van der Waals surface area contributed by atoms with E-state index < -0.39 is 5.97 Å². The molecule has 0 heterocycles. The molecule has 0 aromatic heterocycles. The van der Waals surface area contributed by atoms with E-state index in [1.807, 2.05) is 30.3 Å². The van der Waals surface area contributed by atoms with Gasteiger partial charge in [0.15, 0.2) is 18.1 Å². The molecule has 2 aromatic rings. The van der Waals surface area contributed by atoms with Crippen LogP contribution in [0.1, 0.15) is 37.7 Å². The Morgan fingerprint density at radius 2 is 1.53 bits per heavy atom. The van der Waals surface area contributed by atoms with Crippen LogP contribution in [0.5, 0.6) is 17.2 Å². The van der Waals surface area contributed by atoms with E-state index >= 15 is 0 Å². The third-order valence-electron chi connectivity index (χ3n) is 5.67. The Bertz CT molecular complexity index is 883. The largest absolute Gasteiger partial charge is 0.493 e. The number of benzene rings is 2. The van der Waals surface area contributed by atoms with Crippen molar-refractivity contribution in [1.29, 1.82) is 0 Å². The molecule has 7 nitrogen and oxygen atoms in total. The van der Waals surface area contributed by atoms with Crippen molar-refractivity contribution in [3.05, 3.63) is 48.0 Å². The zero-order valence-electron chi connectivity index (χ0n) is 19.0. The summed E-state index contributed by atoms with van der Waals surface area (Å²) < 4.78 is 21.3. The minimum absolute atomic E-state index is 0.0151. The molecule has 32 heavy (non-hydrogen) atoms. The van der Waals surface area contributed by atoms with Gasteiger partial charge in [-0.1, -0.05) is 37.5 Å². The summed E-state index contributed by atoms with van der Waals surface area (Å²) in [6, 6.07) is 13.1. The van der Waals surface area contributed by atoms with Crippen LogP contribution in [0.25, 0.3) is 0 Å². The number of hydrogen-bond donors (Lipinski definition) is 0. The highest BCUT2D eigenvalue weighted by Gasteiger charge is 2.27. The van der Waals surface area contributed by atoms with Gasteiger partial charge in [0.25, 0.3) is 5.91 Å². The van der Waals surface area contributed by atoms with Crippen LogP contribution in [0.2, 0.25) is 0 Å². The number of hydrogen-bond acceptors (Lipinski definition) is 6. The zero-order chi connectivity index (χ0) is 22.9. The lowest BCUT2D eigenvalue weighted by atomic mass is 9.93. The number of rotatable bonds is 9. The first-order valence-corrected chi connectivity index (χ1v) is 10.9. The van der Waals surface area contributed by atoms with Crippen LogP contribution in [-0.2, 0) is 20.7 Å². The molecule has 0 bridgehead atoms. The maximum Gasteiger partial charge on any atom is 0.310 e. The Kier molecular flexibility index (Phi) is 8.36. The lowest BCUT2D eigenvalue weighted by molar-refractivity contribution is -0.147. The van der Waals surface area contributed by atoms with Crippen LogP contribution in [0.3, 0.4) is 0 Å². The van der Waals surface area contributed by atoms with E-state index in [1.54, 1.807) is 17.0 Å². The van der Waals surface area contributed by atoms with Crippen LogP contribution in [0.4, 0.5) is 5.69 Å². The molecular formula is C25H31NO6. The maximum atomic E-state index is 13.1. The van der Waals surface area contributed by atoms with Crippen LogP contribution in [0, 0.1) is 0 Å². The highest BCUT2D eigenvalue weighted by Crippen LogP contribution is 2.38. The molecule has 0 unspecified atom stereocenters. The molecule has 1 aliphatic rings. The predicted octanol–water partition coefficient (Wildman–Crippen LogP) is 4.16. The number of esters is 1. The van der Waals surface area contributed by atoms with E-state index in [2.05, 4.69) is 0 Å². The minimum Gasteiger partial charge on any atom is -0.493 e. The first kappa shape index (κ1) is 23.4. The normalized spacial score (nSPS) is 13.8. The van der Waals surface area contributed by atoms with Crippen molar-refractivity contribution in [3.8, 4) is 17.2 Å². The van der Waals surface area contributed by atoms with Crippen molar-refractivity contribution < 1.29 is 28.5 Å². The molecule has 2 aromatic carbocycles. The topological polar surface area (TPSA) is 74.3 Å². The molecule has 0 radical (unpaired) electrons. The van der Waals surface area contributed by atoms with Gasteiger partial charge < -0.3 is 23.8 Å². The van der Waals surface area contributed by atoms with Gasteiger partial charge >= 0.3 is 5.97 Å². The number of amides is 1. The van der Waals surface area contributed by atoms with Crippen LogP contribution in [0.15, 0.2) is 42.5 Å². The van der Waals surface area contributed by atoms with E-state index in [4.69, 9.17) is 18.9 Å². The Labute approximate surface area is 189 Å². The molecule has 0 spiro atoms. The molecule has 0 atom stereocenters. The Balaban J connectivity index is 1.67. The summed E-state index contributed by atoms with van der Waals surface area (Å²) in [5, 5.41) is 0. The molecule has 3 rings (SSSR count). The molecular weight excluding hydrogens is 410 g/mol. The monoisotopic (exact) mass is 441 g/mol. The highest BCUT2D eigenvalue weighted by atomic mass is 16.5. The molecule has 0 N–H and O–H groups in total. The van der Waals surface area contributed by atoms with Crippen molar-refractivity contribution >= 4 is 17.6 Å². The number of ether oxygens (including phenoxy) is 4. The Morgan fingerprint density at radius 3 is 2.09 bits per heavy atom. The van der Waals surface area contributed by atoms with Crippen LogP contribution >= 0.6 is 0 Å². The Morgan fingerprint density at radius 1 is 0.906 bits per heavy atom. The number of anilines is 1. The van der Waals surface area contributed by atoms with Crippen LogP contribution < -0.4 is 19.1 Å². The molecule has 172 valence electrons. The summed E-state index contributed by atoms with van der Waals surface area (Å²) in [6.45, 7) is -0.297. The predicted molar refractivity (Wildman–Crippen MR) is 122 cm³/mol. The van der Waals surface area contributed by atoms with E-state index in [-0.39, 0.29) is 25.0 Å². The number of carbonyl (C=O) groups is 2. The SMILES string of the molecule is COc1cc(CC(=O)OCC(=O)N(c2ccccc2)C2CCCCC2)cc(OC)c1OC. The average molecular weight is 442 g/mol. The number of para-hydroxylation sites is 1. The summed E-state index contributed by atoms with van der Waals surface area (Å²) in [5.41, 5.74) is 1.48. The summed E-state index contributed by atoms with van der Waals surface area (Å²) >= 11 is 0. The average Bonchev–Trinajstić information content (AvgIpc) is 2.83. The second kappa shape index (κ2) is 11.4. The van der Waals surface area contributed by atoms with Crippen molar-refractivity contribution in [2.24, 2.45) is 0 Å². The van der Waals surface area contributed by atoms with Crippen molar-refractivity contribution in [2.45, 2.75) is 44.6 Å². The van der Waals surface area contributed by atoms with Gasteiger partial charge in [0.1, 0.15) is 0 Å². The van der Waals surface area contributed by atoms with Crippen molar-refractivity contribution in [2.75, 3.05) is 32.8 Å². The maximum absolute atomic E-state index is 13.1. The molecule has 0 aliphatic heterocycles. The molecule has 1 amide bonds. The van der Waals surface area contributed by atoms with Crippen molar-refractivity contribution in [3.63, 3.8) is 0 Å². The molecule has 1 aliphatic carbocycles. The second-order valence-electron chi connectivity index (χ2n) is 7.76. The lowest BCUT2D eigenvalue weighted by Gasteiger charge is -2.34. The fraction of sp³-hybridized carbons (Fsp3) is 0.440. The van der Waals surface area contributed by atoms with E-state index in [0.29, 0.717) is 22.8 Å². The first-order chi connectivity index (χ1) is 15.6. The van der Waals surface area contributed by atoms with Gasteiger partial charge in [-0.2, -0.15) is 0 Å². The number of nitrogens with zero attached hydrogens (tertiary/aromatic N) is 1. The number of carbonyl (C=O) groups excluding carboxylic acids is 2. The molecule has 1 saturated carbocycles. The van der Waals surface area contributed by atoms with Gasteiger partial charge in [0, 0.05) is 11.7 Å². The van der Waals surface area contributed by atoms with E-state index in [1.165, 1.54) is 27.8 Å². The van der Waals surface area contributed by atoms with Gasteiger partial charge in [-0.25, -0.2) is 0 Å². The molecule has 7 heteroatoms. The Hall–Kier alpha value is -3.22.